The number of benzene rings is 1. The number of hydrogen-bond donors (Lipinski definition) is 1. The lowest BCUT2D eigenvalue weighted by molar-refractivity contribution is -0.153. The van der Waals surface area contributed by atoms with Crippen LogP contribution < -0.4 is 10.1 Å². The molecule has 130 valence electrons. The van der Waals surface area contributed by atoms with Gasteiger partial charge < -0.3 is 10.1 Å². The van der Waals surface area contributed by atoms with Gasteiger partial charge in [-0.15, -0.1) is 0 Å². The quantitative estimate of drug-likeness (QED) is 0.818. The van der Waals surface area contributed by atoms with E-state index in [1.807, 2.05) is 0 Å². The van der Waals surface area contributed by atoms with Gasteiger partial charge in [0.15, 0.2) is 16.4 Å². The largest absolute Gasteiger partial charge is 0.484 e. The molecule has 1 unspecified atom stereocenters. The van der Waals surface area contributed by atoms with Crippen molar-refractivity contribution in [3.8, 4) is 5.75 Å². The maximum absolute atomic E-state index is 12.0. The van der Waals surface area contributed by atoms with Gasteiger partial charge in [0.25, 0.3) is 0 Å². The van der Waals surface area contributed by atoms with Crippen molar-refractivity contribution < 1.29 is 31.1 Å². The van der Waals surface area contributed by atoms with E-state index in [0.717, 1.165) is 0 Å². The number of halogens is 3. The summed E-state index contributed by atoms with van der Waals surface area (Å²) in [5.74, 6) is -0.791. The number of rotatable bonds is 7. The predicted octanol–water partition coefficient (Wildman–Crippen LogP) is 2.78. The second kappa shape index (κ2) is 7.67. The van der Waals surface area contributed by atoms with E-state index in [0.29, 0.717) is 6.42 Å². The Balaban J connectivity index is 2.66. The molecule has 1 amide bonds. The smallest absolute Gasteiger partial charge is 0.422 e. The Morgan fingerprint density at radius 3 is 2.30 bits per heavy atom. The number of carbonyl (C=O) groups excluding carboxylic acids is 1. The zero-order valence-electron chi connectivity index (χ0n) is 12.7. The zero-order valence-corrected chi connectivity index (χ0v) is 13.5. The number of carbonyl (C=O) groups is 1. The molecule has 23 heavy (non-hydrogen) atoms. The average Bonchev–Trinajstić information content (AvgIpc) is 2.44. The second-order valence-electron chi connectivity index (χ2n) is 4.93. The van der Waals surface area contributed by atoms with Crippen molar-refractivity contribution >= 4 is 21.4 Å². The first kappa shape index (κ1) is 19.3. The summed E-state index contributed by atoms with van der Waals surface area (Å²) in [6, 6.07) is 5.19. The SMILES string of the molecule is CCCS(=O)(=O)C(C)C(=O)Nc1ccc(OCC(F)(F)F)cc1. The molecule has 0 saturated carbocycles. The van der Waals surface area contributed by atoms with Crippen LogP contribution in [0.5, 0.6) is 5.75 Å². The van der Waals surface area contributed by atoms with Gasteiger partial charge in [-0.1, -0.05) is 6.92 Å². The Hall–Kier alpha value is -1.77. The van der Waals surface area contributed by atoms with E-state index < -0.39 is 33.8 Å². The fraction of sp³-hybridized carbons (Fsp3) is 0.500. The predicted molar refractivity (Wildman–Crippen MR) is 80.2 cm³/mol. The first-order valence-electron chi connectivity index (χ1n) is 6.87. The van der Waals surface area contributed by atoms with Crippen LogP contribution in [0, 0.1) is 0 Å². The molecule has 0 heterocycles. The van der Waals surface area contributed by atoms with Crippen LogP contribution in [0.15, 0.2) is 24.3 Å². The van der Waals surface area contributed by atoms with E-state index in [1.165, 1.54) is 31.2 Å². The fourth-order valence-electron chi connectivity index (χ4n) is 1.67. The first-order valence-corrected chi connectivity index (χ1v) is 8.59. The number of ether oxygens (including phenoxy) is 1. The molecule has 5 nitrogen and oxygen atoms in total. The minimum Gasteiger partial charge on any atom is -0.484 e. The lowest BCUT2D eigenvalue weighted by atomic mass is 10.3. The van der Waals surface area contributed by atoms with Crippen LogP contribution in [0.3, 0.4) is 0 Å². The number of anilines is 1. The van der Waals surface area contributed by atoms with Crippen LogP contribution in [-0.2, 0) is 14.6 Å². The summed E-state index contributed by atoms with van der Waals surface area (Å²) >= 11 is 0. The van der Waals surface area contributed by atoms with Gasteiger partial charge in [0.1, 0.15) is 11.0 Å². The van der Waals surface area contributed by atoms with Crippen molar-refractivity contribution in [1.82, 2.24) is 0 Å². The van der Waals surface area contributed by atoms with Crippen LogP contribution in [0.4, 0.5) is 18.9 Å². The highest BCUT2D eigenvalue weighted by atomic mass is 32.2. The van der Waals surface area contributed by atoms with Gasteiger partial charge in [-0.05, 0) is 37.6 Å². The molecule has 0 aliphatic heterocycles. The summed E-state index contributed by atoms with van der Waals surface area (Å²) in [4.78, 5) is 11.9. The summed E-state index contributed by atoms with van der Waals surface area (Å²) in [6.07, 6.45) is -4.03. The molecule has 0 radical (unpaired) electrons. The Labute approximate surface area is 132 Å². The summed E-state index contributed by atoms with van der Waals surface area (Å²) in [5.41, 5.74) is 0.271. The van der Waals surface area contributed by atoms with Gasteiger partial charge in [0.2, 0.25) is 5.91 Å². The molecule has 0 spiro atoms. The van der Waals surface area contributed by atoms with E-state index in [9.17, 15) is 26.4 Å². The van der Waals surface area contributed by atoms with E-state index in [2.05, 4.69) is 10.1 Å². The summed E-state index contributed by atoms with van der Waals surface area (Å²) in [7, 11) is -3.52. The lowest BCUT2D eigenvalue weighted by Gasteiger charge is -2.13. The molecule has 1 aromatic rings. The number of amides is 1. The third-order valence-corrected chi connectivity index (χ3v) is 5.19. The second-order valence-corrected chi connectivity index (χ2v) is 7.37. The first-order chi connectivity index (χ1) is 10.5. The topological polar surface area (TPSA) is 72.5 Å². The van der Waals surface area contributed by atoms with Crippen molar-refractivity contribution in [2.24, 2.45) is 0 Å². The molecule has 0 bridgehead atoms. The van der Waals surface area contributed by atoms with Gasteiger partial charge >= 0.3 is 6.18 Å². The average molecular weight is 353 g/mol. The van der Waals surface area contributed by atoms with Gasteiger partial charge in [-0.3, -0.25) is 4.79 Å². The Kier molecular flexibility index (Phi) is 6.43. The third-order valence-electron chi connectivity index (χ3n) is 2.92. The molecular formula is C14H18F3NO4S. The van der Waals surface area contributed by atoms with E-state index in [4.69, 9.17) is 0 Å². The zero-order chi connectivity index (χ0) is 17.7. The molecule has 1 N–H and O–H groups in total. The normalized spacial score (nSPS) is 13.4. The number of hydrogen-bond acceptors (Lipinski definition) is 4. The Bertz CT molecular complexity index is 626. The molecule has 1 aromatic carbocycles. The van der Waals surface area contributed by atoms with Gasteiger partial charge in [0, 0.05) is 5.69 Å². The number of sulfone groups is 1. The summed E-state index contributed by atoms with van der Waals surface area (Å²) < 4.78 is 64.2. The van der Waals surface area contributed by atoms with Crippen molar-refractivity contribution in [1.29, 1.82) is 0 Å². The molecule has 1 rings (SSSR count). The molecule has 0 aliphatic carbocycles. The standard InChI is InChI=1S/C14H18F3NO4S/c1-3-8-23(20,21)10(2)13(19)18-11-4-6-12(7-5-11)22-9-14(15,16)17/h4-7,10H,3,8-9H2,1-2H3,(H,18,19). The van der Waals surface area contributed by atoms with E-state index in [1.54, 1.807) is 6.92 Å². The van der Waals surface area contributed by atoms with Crippen LogP contribution >= 0.6 is 0 Å². The highest BCUT2D eigenvalue weighted by molar-refractivity contribution is 7.92. The number of alkyl halides is 3. The molecular weight excluding hydrogens is 335 g/mol. The molecule has 0 saturated heterocycles. The minimum absolute atomic E-state index is 0.00743. The maximum atomic E-state index is 12.0. The third kappa shape index (κ3) is 6.47. The van der Waals surface area contributed by atoms with E-state index in [-0.39, 0.29) is 17.2 Å². The van der Waals surface area contributed by atoms with Gasteiger partial charge in [0.05, 0.1) is 5.75 Å². The fourth-order valence-corrected chi connectivity index (χ4v) is 2.98. The Morgan fingerprint density at radius 2 is 1.83 bits per heavy atom. The summed E-state index contributed by atoms with van der Waals surface area (Å²) in [5, 5.41) is 1.20. The van der Waals surface area contributed by atoms with E-state index >= 15 is 0 Å². The molecule has 0 aromatic heterocycles. The van der Waals surface area contributed by atoms with Crippen molar-refractivity contribution in [3.63, 3.8) is 0 Å². The minimum atomic E-state index is -4.43. The monoisotopic (exact) mass is 353 g/mol. The van der Waals surface area contributed by atoms with Crippen molar-refractivity contribution in [2.45, 2.75) is 31.7 Å². The molecule has 0 aliphatic rings. The molecule has 9 heteroatoms. The van der Waals surface area contributed by atoms with Gasteiger partial charge in [-0.25, -0.2) is 8.42 Å². The maximum Gasteiger partial charge on any atom is 0.422 e. The highest BCUT2D eigenvalue weighted by Crippen LogP contribution is 2.20. The molecule has 0 fully saturated rings. The number of nitrogens with one attached hydrogen (secondary N) is 1. The van der Waals surface area contributed by atoms with Crippen LogP contribution in [-0.4, -0.2) is 38.1 Å². The summed E-state index contributed by atoms with van der Waals surface area (Å²) in [6.45, 7) is 1.58. The van der Waals surface area contributed by atoms with Crippen molar-refractivity contribution in [2.75, 3.05) is 17.7 Å². The highest BCUT2D eigenvalue weighted by Gasteiger charge is 2.29. The van der Waals surface area contributed by atoms with Crippen LogP contribution in [0.1, 0.15) is 20.3 Å². The van der Waals surface area contributed by atoms with Crippen LogP contribution in [0.25, 0.3) is 0 Å². The van der Waals surface area contributed by atoms with Crippen LogP contribution in [0.2, 0.25) is 0 Å². The Morgan fingerprint density at radius 1 is 1.26 bits per heavy atom. The van der Waals surface area contributed by atoms with Crippen molar-refractivity contribution in [3.05, 3.63) is 24.3 Å². The van der Waals surface area contributed by atoms with Gasteiger partial charge in [-0.2, -0.15) is 13.2 Å². The molecule has 1 atom stereocenters. The lowest BCUT2D eigenvalue weighted by Crippen LogP contribution is -2.34.